The predicted molar refractivity (Wildman–Crippen MR) is 82.4 cm³/mol. The molecule has 0 atom stereocenters. The van der Waals surface area contributed by atoms with Crippen molar-refractivity contribution in [2.45, 2.75) is 57.4 Å². The molecule has 21 heavy (non-hydrogen) atoms. The molecule has 1 saturated heterocycles. The number of nitrogens with one attached hydrogen (secondary N) is 1. The third-order valence-electron chi connectivity index (χ3n) is 4.50. The first-order valence-electron chi connectivity index (χ1n) is 8.22. The molecule has 2 fully saturated rings. The van der Waals surface area contributed by atoms with Gasteiger partial charge in [0.15, 0.2) is 11.5 Å². The second-order valence-corrected chi connectivity index (χ2v) is 6.13. The molecular formula is C16H24N4O. The molecule has 5 heteroatoms. The van der Waals surface area contributed by atoms with E-state index in [1.807, 2.05) is 6.07 Å². The van der Waals surface area contributed by atoms with Crippen LogP contribution in [0.5, 0.6) is 0 Å². The molecule has 2 aliphatic rings. The third kappa shape index (κ3) is 3.71. The maximum absolute atomic E-state index is 12.1. The zero-order chi connectivity index (χ0) is 14.5. The smallest absolute Gasteiger partial charge is 0.272 e. The molecular weight excluding hydrogens is 264 g/mol. The largest absolute Gasteiger partial charge is 0.355 e. The Morgan fingerprint density at radius 2 is 1.71 bits per heavy atom. The number of rotatable bonds is 3. The number of nitrogens with zero attached hydrogens (tertiary/aromatic N) is 3. The van der Waals surface area contributed by atoms with Crippen LogP contribution >= 0.6 is 0 Å². The first kappa shape index (κ1) is 14.3. The molecule has 1 N–H and O–H groups in total. The van der Waals surface area contributed by atoms with Crippen LogP contribution in [-0.2, 0) is 0 Å². The van der Waals surface area contributed by atoms with Crippen molar-refractivity contribution in [3.05, 3.63) is 17.8 Å². The van der Waals surface area contributed by atoms with E-state index in [1.54, 1.807) is 6.07 Å². The fourth-order valence-corrected chi connectivity index (χ4v) is 3.24. The van der Waals surface area contributed by atoms with Crippen molar-refractivity contribution in [1.29, 1.82) is 0 Å². The van der Waals surface area contributed by atoms with Crippen LogP contribution in [0.1, 0.15) is 61.9 Å². The average Bonchev–Trinajstić information content (AvgIpc) is 2.87. The van der Waals surface area contributed by atoms with Gasteiger partial charge in [-0.15, -0.1) is 10.2 Å². The van der Waals surface area contributed by atoms with E-state index < -0.39 is 0 Å². The highest BCUT2D eigenvalue weighted by Crippen LogP contribution is 2.19. The van der Waals surface area contributed by atoms with Crippen LogP contribution in [0.25, 0.3) is 0 Å². The average molecular weight is 288 g/mol. The van der Waals surface area contributed by atoms with Crippen molar-refractivity contribution < 1.29 is 4.79 Å². The molecule has 0 bridgehead atoms. The van der Waals surface area contributed by atoms with Crippen LogP contribution < -0.4 is 10.2 Å². The summed E-state index contributed by atoms with van der Waals surface area (Å²) >= 11 is 0. The minimum atomic E-state index is -0.0863. The maximum atomic E-state index is 12.1. The second-order valence-electron chi connectivity index (χ2n) is 6.13. The Morgan fingerprint density at radius 1 is 1.00 bits per heavy atom. The van der Waals surface area contributed by atoms with Gasteiger partial charge in [-0.1, -0.05) is 25.7 Å². The fraction of sp³-hybridized carbons (Fsp3) is 0.688. The molecule has 1 aliphatic heterocycles. The van der Waals surface area contributed by atoms with Gasteiger partial charge in [0.25, 0.3) is 5.91 Å². The lowest BCUT2D eigenvalue weighted by molar-refractivity contribution is 0.0932. The molecule has 0 unspecified atom stereocenters. The van der Waals surface area contributed by atoms with Crippen LogP contribution in [0.3, 0.4) is 0 Å². The van der Waals surface area contributed by atoms with Gasteiger partial charge in [-0.3, -0.25) is 4.79 Å². The molecule has 1 aromatic heterocycles. The molecule has 114 valence electrons. The summed E-state index contributed by atoms with van der Waals surface area (Å²) in [5.41, 5.74) is 0.431. The maximum Gasteiger partial charge on any atom is 0.272 e. The Hall–Kier alpha value is -1.65. The zero-order valence-electron chi connectivity index (χ0n) is 12.6. The fourth-order valence-electron chi connectivity index (χ4n) is 3.24. The van der Waals surface area contributed by atoms with Crippen molar-refractivity contribution >= 4 is 11.7 Å². The van der Waals surface area contributed by atoms with Gasteiger partial charge >= 0.3 is 0 Å². The van der Waals surface area contributed by atoms with Crippen LogP contribution in [0.4, 0.5) is 5.82 Å². The van der Waals surface area contributed by atoms with Gasteiger partial charge in [0.2, 0.25) is 0 Å². The van der Waals surface area contributed by atoms with Crippen molar-refractivity contribution in [3.8, 4) is 0 Å². The molecule has 1 saturated carbocycles. The Kier molecular flexibility index (Phi) is 4.68. The normalized spacial score (nSPS) is 20.3. The summed E-state index contributed by atoms with van der Waals surface area (Å²) in [7, 11) is 0. The lowest BCUT2D eigenvalue weighted by Gasteiger charge is -2.20. The van der Waals surface area contributed by atoms with Gasteiger partial charge in [0.1, 0.15) is 0 Å². The second kappa shape index (κ2) is 6.87. The van der Waals surface area contributed by atoms with Gasteiger partial charge in [-0.2, -0.15) is 0 Å². The molecule has 1 aromatic rings. The zero-order valence-corrected chi connectivity index (χ0v) is 12.6. The van der Waals surface area contributed by atoms with Gasteiger partial charge in [-0.25, -0.2) is 0 Å². The standard InChI is InChI=1S/C16H24N4O/c21-16(17-13-7-3-4-8-13)14-9-10-15(19-18-14)20-11-5-1-2-6-12-20/h9-10,13H,1-8,11-12H2,(H,17,21). The number of carbonyl (C=O) groups is 1. The molecule has 0 radical (unpaired) electrons. The van der Waals surface area contributed by atoms with Crippen LogP contribution in [0.15, 0.2) is 12.1 Å². The quantitative estimate of drug-likeness (QED) is 0.928. The summed E-state index contributed by atoms with van der Waals surface area (Å²) in [6, 6.07) is 4.06. The van der Waals surface area contributed by atoms with Crippen molar-refractivity contribution in [2.24, 2.45) is 0 Å². The minimum absolute atomic E-state index is 0.0863. The van der Waals surface area contributed by atoms with E-state index in [9.17, 15) is 4.79 Å². The Morgan fingerprint density at radius 3 is 2.33 bits per heavy atom. The Bertz CT molecular complexity index is 460. The first-order valence-corrected chi connectivity index (χ1v) is 8.22. The van der Waals surface area contributed by atoms with Crippen molar-refractivity contribution in [1.82, 2.24) is 15.5 Å². The lowest BCUT2D eigenvalue weighted by atomic mass is 10.2. The summed E-state index contributed by atoms with van der Waals surface area (Å²) in [5, 5.41) is 11.4. The summed E-state index contributed by atoms with van der Waals surface area (Å²) in [5.74, 6) is 0.811. The molecule has 3 rings (SSSR count). The summed E-state index contributed by atoms with van der Waals surface area (Å²) < 4.78 is 0. The van der Waals surface area contributed by atoms with E-state index in [0.717, 1.165) is 31.7 Å². The van der Waals surface area contributed by atoms with E-state index in [-0.39, 0.29) is 5.91 Å². The van der Waals surface area contributed by atoms with Crippen LogP contribution in [-0.4, -0.2) is 35.2 Å². The number of aromatic nitrogens is 2. The highest BCUT2D eigenvalue weighted by Gasteiger charge is 2.19. The van der Waals surface area contributed by atoms with Gasteiger partial charge in [0, 0.05) is 19.1 Å². The topological polar surface area (TPSA) is 58.1 Å². The molecule has 2 heterocycles. The number of carbonyl (C=O) groups excluding carboxylic acids is 1. The lowest BCUT2D eigenvalue weighted by Crippen LogP contribution is -2.33. The highest BCUT2D eigenvalue weighted by atomic mass is 16.2. The van der Waals surface area contributed by atoms with E-state index in [4.69, 9.17) is 0 Å². The number of hydrogen-bond acceptors (Lipinski definition) is 4. The van der Waals surface area contributed by atoms with E-state index >= 15 is 0 Å². The third-order valence-corrected chi connectivity index (χ3v) is 4.50. The molecule has 0 aromatic carbocycles. The predicted octanol–water partition coefficient (Wildman–Crippen LogP) is 2.53. The Balaban J connectivity index is 1.61. The van der Waals surface area contributed by atoms with Crippen LogP contribution in [0.2, 0.25) is 0 Å². The van der Waals surface area contributed by atoms with E-state index in [1.165, 1.54) is 38.5 Å². The summed E-state index contributed by atoms with van der Waals surface area (Å²) in [6.45, 7) is 2.09. The Labute approximate surface area is 126 Å². The van der Waals surface area contributed by atoms with Gasteiger partial charge in [-0.05, 0) is 37.8 Å². The van der Waals surface area contributed by atoms with Crippen LogP contribution in [0, 0.1) is 0 Å². The van der Waals surface area contributed by atoms with Gasteiger partial charge in [0.05, 0.1) is 0 Å². The highest BCUT2D eigenvalue weighted by molar-refractivity contribution is 5.92. The van der Waals surface area contributed by atoms with E-state index in [0.29, 0.717) is 11.7 Å². The SMILES string of the molecule is O=C(NC1CCCC1)c1ccc(N2CCCCCC2)nn1. The minimum Gasteiger partial charge on any atom is -0.355 e. The van der Waals surface area contributed by atoms with E-state index in [2.05, 4.69) is 20.4 Å². The summed E-state index contributed by atoms with van der Waals surface area (Å²) in [4.78, 5) is 14.4. The summed E-state index contributed by atoms with van der Waals surface area (Å²) in [6.07, 6.45) is 9.62. The number of anilines is 1. The van der Waals surface area contributed by atoms with Gasteiger partial charge < -0.3 is 10.2 Å². The monoisotopic (exact) mass is 288 g/mol. The first-order chi connectivity index (χ1) is 10.3. The molecule has 1 aliphatic carbocycles. The molecule has 5 nitrogen and oxygen atoms in total. The molecule has 0 spiro atoms. The van der Waals surface area contributed by atoms with Crippen molar-refractivity contribution in [2.75, 3.05) is 18.0 Å². The van der Waals surface area contributed by atoms with Crippen molar-refractivity contribution in [3.63, 3.8) is 0 Å². The molecule has 1 amide bonds. The number of hydrogen-bond donors (Lipinski definition) is 1. The number of amides is 1.